The third kappa shape index (κ3) is 37.2. The summed E-state index contributed by atoms with van der Waals surface area (Å²) in [6.07, 6.45) is 46.1. The Morgan fingerprint density at radius 3 is 1.19 bits per heavy atom. The summed E-state index contributed by atoms with van der Waals surface area (Å²) < 4.78 is 17.9. The first-order valence-electron chi connectivity index (χ1n) is 26.7. The van der Waals surface area contributed by atoms with Crippen LogP contribution in [0.25, 0.3) is 0 Å². The van der Waals surface area contributed by atoms with E-state index in [1.807, 2.05) is 0 Å². The molecular formula is C53H103NO5. The minimum atomic E-state index is 0.00819. The lowest BCUT2D eigenvalue weighted by Gasteiger charge is -2.19. The Labute approximate surface area is 368 Å². The summed E-state index contributed by atoms with van der Waals surface area (Å²) in [6, 6.07) is 0. The van der Waals surface area contributed by atoms with Crippen LogP contribution in [-0.4, -0.2) is 62.4 Å². The van der Waals surface area contributed by atoms with E-state index in [0.29, 0.717) is 32.2 Å². The summed E-state index contributed by atoms with van der Waals surface area (Å²) in [4.78, 5) is 27.4. The van der Waals surface area contributed by atoms with E-state index in [1.165, 1.54) is 212 Å². The quantitative estimate of drug-likeness (QED) is 0.0450. The highest BCUT2D eigenvalue weighted by Gasteiger charge is 2.14. The van der Waals surface area contributed by atoms with E-state index < -0.39 is 0 Å². The van der Waals surface area contributed by atoms with Crippen molar-refractivity contribution in [2.75, 3.05) is 39.5 Å². The van der Waals surface area contributed by atoms with Gasteiger partial charge in [-0.25, -0.2) is 0 Å². The molecule has 0 aromatic heterocycles. The normalized spacial score (nSPS) is 13.9. The van der Waals surface area contributed by atoms with Crippen LogP contribution in [0.1, 0.15) is 272 Å². The molecule has 1 aliphatic heterocycles. The maximum atomic E-state index is 12.4. The Morgan fingerprint density at radius 2 is 0.780 bits per heavy atom. The fourth-order valence-electron chi connectivity index (χ4n) is 9.12. The molecule has 0 aromatic carbocycles. The van der Waals surface area contributed by atoms with Crippen LogP contribution in [0.3, 0.4) is 0 Å². The van der Waals surface area contributed by atoms with Gasteiger partial charge in [0, 0.05) is 19.4 Å². The minimum Gasteiger partial charge on any atom is -0.466 e. The van der Waals surface area contributed by atoms with Gasteiger partial charge in [-0.2, -0.15) is 0 Å². The molecule has 0 spiro atoms. The monoisotopic (exact) mass is 834 g/mol. The standard InChI is InChI=1S/C53H103NO5/c1-5-9-21-33-49(34-22-10-6-2)41-47-58-52(55)39-27-19-15-13-14-17-25-37-51(57-46-32-31-45-54-43-29-30-44-54)38-26-18-16-20-28-40-53(56)59-48-42-50(35-23-11-7-3)36-24-12-8-4/h49-51H,5-48H2,1-4H3. The molecule has 0 aliphatic carbocycles. The van der Waals surface area contributed by atoms with Crippen molar-refractivity contribution in [3.8, 4) is 0 Å². The smallest absolute Gasteiger partial charge is 0.305 e. The van der Waals surface area contributed by atoms with Crippen molar-refractivity contribution in [1.82, 2.24) is 4.90 Å². The Kier molecular flexibility index (Phi) is 41.2. The predicted octanol–water partition coefficient (Wildman–Crippen LogP) is 15.9. The van der Waals surface area contributed by atoms with Crippen molar-refractivity contribution in [2.24, 2.45) is 11.8 Å². The molecular weight excluding hydrogens is 731 g/mol. The second-order valence-electron chi connectivity index (χ2n) is 18.8. The van der Waals surface area contributed by atoms with Gasteiger partial charge in [0.15, 0.2) is 0 Å². The maximum Gasteiger partial charge on any atom is 0.305 e. The number of ether oxygens (including phenoxy) is 3. The molecule has 1 saturated heterocycles. The van der Waals surface area contributed by atoms with E-state index in [4.69, 9.17) is 14.2 Å². The van der Waals surface area contributed by atoms with Gasteiger partial charge in [-0.05, 0) is 95.7 Å². The van der Waals surface area contributed by atoms with E-state index in [2.05, 4.69) is 32.6 Å². The molecule has 1 unspecified atom stereocenters. The number of hydrogen-bond acceptors (Lipinski definition) is 6. The number of esters is 2. The zero-order valence-corrected chi connectivity index (χ0v) is 40.3. The third-order valence-electron chi connectivity index (χ3n) is 13.2. The van der Waals surface area contributed by atoms with E-state index in [9.17, 15) is 9.59 Å². The fourth-order valence-corrected chi connectivity index (χ4v) is 9.12. The zero-order valence-electron chi connectivity index (χ0n) is 40.3. The van der Waals surface area contributed by atoms with Crippen LogP contribution in [0.2, 0.25) is 0 Å². The lowest BCUT2D eigenvalue weighted by molar-refractivity contribution is -0.145. The minimum absolute atomic E-state index is 0.00819. The summed E-state index contributed by atoms with van der Waals surface area (Å²) in [5.41, 5.74) is 0. The molecule has 350 valence electrons. The van der Waals surface area contributed by atoms with Gasteiger partial charge in [-0.15, -0.1) is 0 Å². The van der Waals surface area contributed by atoms with Crippen LogP contribution >= 0.6 is 0 Å². The summed E-state index contributed by atoms with van der Waals surface area (Å²) in [7, 11) is 0. The average molecular weight is 834 g/mol. The van der Waals surface area contributed by atoms with Crippen LogP contribution in [0, 0.1) is 11.8 Å². The average Bonchev–Trinajstić information content (AvgIpc) is 3.76. The van der Waals surface area contributed by atoms with Gasteiger partial charge in [-0.1, -0.05) is 195 Å². The Morgan fingerprint density at radius 1 is 0.407 bits per heavy atom. The van der Waals surface area contributed by atoms with Crippen LogP contribution < -0.4 is 0 Å². The molecule has 1 fully saturated rings. The number of likely N-dealkylation sites (tertiary alicyclic amines) is 1. The van der Waals surface area contributed by atoms with Crippen molar-refractivity contribution in [2.45, 2.75) is 278 Å². The van der Waals surface area contributed by atoms with Crippen molar-refractivity contribution < 1.29 is 23.8 Å². The second kappa shape index (κ2) is 43.5. The highest BCUT2D eigenvalue weighted by atomic mass is 16.5. The van der Waals surface area contributed by atoms with E-state index in [0.717, 1.165) is 57.0 Å². The number of rotatable bonds is 46. The number of carbonyl (C=O) groups is 2. The SMILES string of the molecule is CCCCCC(CCCCC)CCOC(=O)CCCCCCCCCC(CCCCCCCC(=O)OCCC(CCCCC)CCCCC)OCCCCN1CCCC1. The van der Waals surface area contributed by atoms with Gasteiger partial charge in [0.25, 0.3) is 0 Å². The molecule has 6 heteroatoms. The fraction of sp³-hybridized carbons (Fsp3) is 0.962. The number of nitrogens with zero attached hydrogens (tertiary/aromatic N) is 1. The molecule has 0 saturated carbocycles. The number of unbranched alkanes of at least 4 members (excludes halogenated alkanes) is 19. The lowest BCUT2D eigenvalue weighted by Crippen LogP contribution is -2.21. The molecule has 0 aromatic rings. The van der Waals surface area contributed by atoms with Crippen LogP contribution in [0.5, 0.6) is 0 Å². The van der Waals surface area contributed by atoms with Crippen LogP contribution in [0.4, 0.5) is 0 Å². The zero-order chi connectivity index (χ0) is 42.7. The maximum absolute atomic E-state index is 12.4. The third-order valence-corrected chi connectivity index (χ3v) is 13.2. The van der Waals surface area contributed by atoms with Gasteiger partial charge in [0.2, 0.25) is 0 Å². The highest BCUT2D eigenvalue weighted by Crippen LogP contribution is 2.23. The van der Waals surface area contributed by atoms with E-state index in [1.54, 1.807) is 0 Å². The van der Waals surface area contributed by atoms with Crippen LogP contribution in [0.15, 0.2) is 0 Å². The largest absolute Gasteiger partial charge is 0.466 e. The molecule has 59 heavy (non-hydrogen) atoms. The molecule has 6 nitrogen and oxygen atoms in total. The predicted molar refractivity (Wildman–Crippen MR) is 253 cm³/mol. The van der Waals surface area contributed by atoms with Gasteiger partial charge >= 0.3 is 11.9 Å². The summed E-state index contributed by atoms with van der Waals surface area (Å²) in [5.74, 6) is 1.46. The lowest BCUT2D eigenvalue weighted by atomic mass is 9.92. The van der Waals surface area contributed by atoms with E-state index >= 15 is 0 Å². The summed E-state index contributed by atoms with van der Waals surface area (Å²) in [5, 5.41) is 0. The molecule has 0 radical (unpaired) electrons. The molecule has 1 rings (SSSR count). The van der Waals surface area contributed by atoms with Crippen molar-refractivity contribution >= 4 is 11.9 Å². The Balaban J connectivity index is 2.21. The van der Waals surface area contributed by atoms with Crippen LogP contribution in [-0.2, 0) is 23.8 Å². The van der Waals surface area contributed by atoms with Crippen molar-refractivity contribution in [3.05, 3.63) is 0 Å². The number of hydrogen-bond donors (Lipinski definition) is 0. The first-order chi connectivity index (χ1) is 29.0. The topological polar surface area (TPSA) is 65.1 Å². The molecule has 0 bridgehead atoms. The second-order valence-corrected chi connectivity index (χ2v) is 18.8. The first-order valence-corrected chi connectivity index (χ1v) is 26.7. The number of carbonyl (C=O) groups excluding carboxylic acids is 2. The van der Waals surface area contributed by atoms with Crippen molar-refractivity contribution in [3.63, 3.8) is 0 Å². The molecule has 1 aliphatic rings. The van der Waals surface area contributed by atoms with Gasteiger partial charge in [0.05, 0.1) is 19.3 Å². The Hall–Kier alpha value is -1.14. The molecule has 1 heterocycles. The molecule has 0 amide bonds. The summed E-state index contributed by atoms with van der Waals surface area (Å²) >= 11 is 0. The van der Waals surface area contributed by atoms with Crippen molar-refractivity contribution in [1.29, 1.82) is 0 Å². The van der Waals surface area contributed by atoms with Gasteiger partial charge in [-0.3, -0.25) is 9.59 Å². The van der Waals surface area contributed by atoms with Gasteiger partial charge < -0.3 is 19.1 Å². The summed E-state index contributed by atoms with van der Waals surface area (Å²) in [6.45, 7) is 15.0. The molecule has 1 atom stereocenters. The van der Waals surface area contributed by atoms with Gasteiger partial charge in [0.1, 0.15) is 0 Å². The highest BCUT2D eigenvalue weighted by molar-refractivity contribution is 5.69. The molecule has 0 N–H and O–H groups in total. The first kappa shape index (κ1) is 55.9. The van der Waals surface area contributed by atoms with E-state index in [-0.39, 0.29) is 11.9 Å². The Bertz CT molecular complexity index is 871.